The van der Waals surface area contributed by atoms with Crippen LogP contribution in [0.4, 0.5) is 0 Å². The van der Waals surface area contributed by atoms with Crippen LogP contribution < -0.4 is 4.74 Å². The van der Waals surface area contributed by atoms with Gasteiger partial charge in [0.15, 0.2) is 11.2 Å². The molecule has 28 heavy (non-hydrogen) atoms. The topological polar surface area (TPSA) is 69.7 Å². The van der Waals surface area contributed by atoms with E-state index in [1.165, 1.54) is 7.11 Å². The van der Waals surface area contributed by atoms with E-state index < -0.39 is 28.7 Å². The van der Waals surface area contributed by atoms with Crippen molar-refractivity contribution in [3.8, 4) is 5.75 Å². The summed E-state index contributed by atoms with van der Waals surface area (Å²) in [6.45, 7) is 3.75. The van der Waals surface area contributed by atoms with E-state index in [9.17, 15) is 14.4 Å². The minimum Gasteiger partial charge on any atom is -0.468 e. The number of hydrogen-bond donors (Lipinski definition) is 0. The first kappa shape index (κ1) is 18.9. The average molecular weight is 443 g/mol. The third kappa shape index (κ3) is 2.15. The second kappa shape index (κ2) is 6.27. The molecule has 0 amide bonds. The van der Waals surface area contributed by atoms with Crippen molar-refractivity contribution < 1.29 is 23.9 Å². The average Bonchev–Trinajstić information content (AvgIpc) is 3.35. The zero-order valence-corrected chi connectivity index (χ0v) is 17.3. The number of benzene rings is 2. The van der Waals surface area contributed by atoms with Gasteiger partial charge in [-0.3, -0.25) is 14.4 Å². The number of carbonyl (C=O) groups is 3. The number of esters is 2. The quantitative estimate of drug-likeness (QED) is 0.307. The third-order valence-electron chi connectivity index (χ3n) is 6.14. The van der Waals surface area contributed by atoms with Crippen LogP contribution in [0.2, 0.25) is 0 Å². The number of methoxy groups -OCH3 is 1. The molecule has 2 aromatic rings. The molecule has 1 aliphatic carbocycles. The molecule has 1 aliphatic heterocycles. The number of carbonyl (C=O) groups excluding carboxylic acids is 3. The number of Topliss-reactive ketones (excluding diaryl/α,β-unsaturated/α-hetero) is 1. The monoisotopic (exact) mass is 442 g/mol. The summed E-state index contributed by atoms with van der Waals surface area (Å²) in [6.07, 6.45) is 0.306. The molecule has 0 aromatic heterocycles. The summed E-state index contributed by atoms with van der Waals surface area (Å²) in [5.41, 5.74) is -0.743. The second-order valence-corrected chi connectivity index (χ2v) is 8.24. The smallest absolute Gasteiger partial charge is 0.330 e. The van der Waals surface area contributed by atoms with Gasteiger partial charge in [-0.15, -0.1) is 0 Å². The van der Waals surface area contributed by atoms with Crippen LogP contribution in [0, 0.1) is 17.8 Å². The van der Waals surface area contributed by atoms with E-state index in [0.29, 0.717) is 23.3 Å². The predicted octanol–water partition coefficient (Wildman–Crippen LogP) is 4.21. The van der Waals surface area contributed by atoms with E-state index >= 15 is 0 Å². The Labute approximate surface area is 171 Å². The summed E-state index contributed by atoms with van der Waals surface area (Å²) in [7, 11) is 1.23. The standard InChI is InChI=1S/C22H19BrO5/c1-4-21(18(24)13-7-5-12(2)6-8-13)17-15-11-14(23)9-10-16(15)28-20(26)22(17,21)19(25)27-3/h5-11,17H,4H2,1-3H3/t17-,21+,22+/m0/s1. The zero-order valence-electron chi connectivity index (χ0n) is 15.7. The number of halogens is 1. The van der Waals surface area contributed by atoms with Crippen LogP contribution in [0.5, 0.6) is 5.75 Å². The minimum absolute atomic E-state index is 0.241. The number of ketones is 1. The van der Waals surface area contributed by atoms with Gasteiger partial charge in [-0.05, 0) is 31.5 Å². The van der Waals surface area contributed by atoms with E-state index in [1.807, 2.05) is 32.0 Å². The fourth-order valence-corrected chi connectivity index (χ4v) is 5.19. The molecule has 6 heteroatoms. The van der Waals surface area contributed by atoms with Crippen LogP contribution in [0.25, 0.3) is 0 Å². The van der Waals surface area contributed by atoms with Crippen molar-refractivity contribution in [3.63, 3.8) is 0 Å². The first-order chi connectivity index (χ1) is 13.3. The molecule has 1 fully saturated rings. The molecule has 5 nitrogen and oxygen atoms in total. The van der Waals surface area contributed by atoms with Gasteiger partial charge in [-0.25, -0.2) is 0 Å². The van der Waals surface area contributed by atoms with Crippen molar-refractivity contribution in [2.75, 3.05) is 7.11 Å². The molecule has 3 atom stereocenters. The Morgan fingerprint density at radius 2 is 1.86 bits per heavy atom. The molecule has 1 saturated carbocycles. The van der Waals surface area contributed by atoms with Crippen LogP contribution in [0.1, 0.15) is 40.7 Å². The lowest BCUT2D eigenvalue weighted by atomic mass is 9.83. The van der Waals surface area contributed by atoms with Crippen molar-refractivity contribution in [1.29, 1.82) is 0 Å². The Hall–Kier alpha value is -2.47. The maximum Gasteiger partial charge on any atom is 0.330 e. The van der Waals surface area contributed by atoms with Crippen LogP contribution >= 0.6 is 15.9 Å². The van der Waals surface area contributed by atoms with E-state index in [-0.39, 0.29) is 5.78 Å². The number of hydrogen-bond acceptors (Lipinski definition) is 5. The van der Waals surface area contributed by atoms with Gasteiger partial charge in [0, 0.05) is 21.5 Å². The molecule has 0 N–H and O–H groups in total. The van der Waals surface area contributed by atoms with E-state index in [0.717, 1.165) is 10.0 Å². The van der Waals surface area contributed by atoms with Crippen molar-refractivity contribution >= 4 is 33.7 Å². The van der Waals surface area contributed by atoms with Crippen molar-refractivity contribution in [2.45, 2.75) is 26.2 Å². The van der Waals surface area contributed by atoms with Crippen molar-refractivity contribution in [3.05, 3.63) is 63.6 Å². The molecular weight excluding hydrogens is 424 g/mol. The lowest BCUT2D eigenvalue weighted by Gasteiger charge is -2.22. The predicted molar refractivity (Wildman–Crippen MR) is 105 cm³/mol. The summed E-state index contributed by atoms with van der Waals surface area (Å²) in [6, 6.07) is 12.4. The number of rotatable bonds is 4. The maximum atomic E-state index is 13.7. The highest BCUT2D eigenvalue weighted by atomic mass is 79.9. The number of aryl methyl sites for hydroxylation is 1. The zero-order chi connectivity index (χ0) is 20.3. The molecule has 0 spiro atoms. The lowest BCUT2D eigenvalue weighted by molar-refractivity contribution is -0.160. The first-order valence-electron chi connectivity index (χ1n) is 9.06. The molecule has 144 valence electrons. The summed E-state index contributed by atoms with van der Waals surface area (Å²) >= 11 is 3.43. The lowest BCUT2D eigenvalue weighted by Crippen LogP contribution is -2.40. The Balaban J connectivity index is 1.95. The van der Waals surface area contributed by atoms with Gasteiger partial charge >= 0.3 is 11.9 Å². The Bertz CT molecular complexity index is 1010. The molecule has 2 aliphatic rings. The van der Waals surface area contributed by atoms with E-state index in [1.54, 1.807) is 24.3 Å². The highest BCUT2D eigenvalue weighted by Crippen LogP contribution is 2.80. The molecule has 4 rings (SSSR count). The molecule has 0 radical (unpaired) electrons. The fraction of sp³-hybridized carbons (Fsp3) is 0.318. The van der Waals surface area contributed by atoms with Crippen LogP contribution in [0.15, 0.2) is 46.9 Å². The van der Waals surface area contributed by atoms with Crippen LogP contribution in [0.3, 0.4) is 0 Å². The number of ether oxygens (including phenoxy) is 2. The minimum atomic E-state index is -1.66. The van der Waals surface area contributed by atoms with Gasteiger partial charge in [0.2, 0.25) is 0 Å². The molecular formula is C22H19BrO5. The molecule has 2 aromatic carbocycles. The van der Waals surface area contributed by atoms with Crippen molar-refractivity contribution in [1.82, 2.24) is 0 Å². The van der Waals surface area contributed by atoms with Gasteiger partial charge in [-0.1, -0.05) is 52.7 Å². The first-order valence-corrected chi connectivity index (χ1v) is 9.85. The molecule has 0 bridgehead atoms. The Morgan fingerprint density at radius 3 is 2.46 bits per heavy atom. The summed E-state index contributed by atoms with van der Waals surface area (Å²) < 4.78 is 11.3. The van der Waals surface area contributed by atoms with Gasteiger partial charge < -0.3 is 9.47 Å². The summed E-state index contributed by atoms with van der Waals surface area (Å²) in [5, 5.41) is 0. The van der Waals surface area contributed by atoms with Gasteiger partial charge in [0.25, 0.3) is 0 Å². The highest BCUT2D eigenvalue weighted by molar-refractivity contribution is 9.10. The van der Waals surface area contributed by atoms with Crippen LogP contribution in [-0.4, -0.2) is 24.8 Å². The van der Waals surface area contributed by atoms with Gasteiger partial charge in [0.05, 0.1) is 12.5 Å². The van der Waals surface area contributed by atoms with E-state index in [4.69, 9.17) is 9.47 Å². The molecule has 0 unspecified atom stereocenters. The summed E-state index contributed by atoms with van der Waals surface area (Å²) in [4.78, 5) is 39.7. The molecule has 0 saturated heterocycles. The fourth-order valence-electron chi connectivity index (χ4n) is 4.81. The highest BCUT2D eigenvalue weighted by Gasteiger charge is 2.90. The van der Waals surface area contributed by atoms with Crippen molar-refractivity contribution in [2.24, 2.45) is 10.8 Å². The third-order valence-corrected chi connectivity index (χ3v) is 6.63. The SMILES string of the molecule is CC[C@]1(C(=O)c2ccc(C)cc2)[C@@H]2c3cc(Br)ccc3OC(=O)[C@]21C(=O)OC. The summed E-state index contributed by atoms with van der Waals surface area (Å²) in [5.74, 6) is -1.93. The normalized spacial score (nSPS) is 27.3. The largest absolute Gasteiger partial charge is 0.468 e. The number of fused-ring (bicyclic) bond motifs is 3. The van der Waals surface area contributed by atoms with Gasteiger partial charge in [-0.2, -0.15) is 0 Å². The molecule has 1 heterocycles. The second-order valence-electron chi connectivity index (χ2n) is 7.32. The van der Waals surface area contributed by atoms with E-state index in [2.05, 4.69) is 15.9 Å². The maximum absolute atomic E-state index is 13.7. The van der Waals surface area contributed by atoms with Crippen LogP contribution in [-0.2, 0) is 14.3 Å². The van der Waals surface area contributed by atoms with Gasteiger partial charge in [0.1, 0.15) is 5.75 Å². The Morgan fingerprint density at radius 1 is 1.18 bits per heavy atom. The Kier molecular flexibility index (Phi) is 4.23.